The highest BCUT2D eigenvalue weighted by molar-refractivity contribution is 5.54. The Kier molecular flexibility index (Phi) is 4.09. The van der Waals surface area contributed by atoms with Gasteiger partial charge in [0.2, 0.25) is 0 Å². The normalized spacial score (nSPS) is 16.4. The predicted molar refractivity (Wildman–Crippen MR) is 85.3 cm³/mol. The number of allylic oxidation sites excluding steroid dienone is 5. The molecule has 0 amide bonds. The Morgan fingerprint density at radius 3 is 2.11 bits per heavy atom. The molecule has 100 valence electrons. The minimum atomic E-state index is 0.233. The molecule has 0 saturated heterocycles. The molecule has 1 aliphatic carbocycles. The average molecular weight is 252 g/mol. The topological polar surface area (TPSA) is 0 Å². The molecule has 0 fully saturated rings. The summed E-state index contributed by atoms with van der Waals surface area (Å²) in [7, 11) is 0. The molecule has 0 heteroatoms. The van der Waals surface area contributed by atoms with Crippen molar-refractivity contribution < 1.29 is 0 Å². The highest BCUT2D eigenvalue weighted by atomic mass is 14.2. The largest absolute Gasteiger partial charge is 0.0730 e. The summed E-state index contributed by atoms with van der Waals surface area (Å²) >= 11 is 0. The second-order valence-corrected chi connectivity index (χ2v) is 6.46. The third-order valence-electron chi connectivity index (χ3n) is 3.66. The van der Waals surface area contributed by atoms with Crippen molar-refractivity contribution in [2.24, 2.45) is 0 Å². The van der Waals surface area contributed by atoms with E-state index in [1.54, 1.807) is 0 Å². The Bertz CT molecular complexity index is 516. The van der Waals surface area contributed by atoms with E-state index in [2.05, 4.69) is 76.3 Å². The Labute approximate surface area is 117 Å². The van der Waals surface area contributed by atoms with Crippen molar-refractivity contribution in [1.82, 2.24) is 0 Å². The van der Waals surface area contributed by atoms with Crippen LogP contribution in [0.2, 0.25) is 0 Å². The molecular formula is C19H24. The maximum Gasteiger partial charge on any atom is -0.0132 e. The van der Waals surface area contributed by atoms with Crippen LogP contribution in [0.3, 0.4) is 0 Å². The lowest BCUT2D eigenvalue weighted by molar-refractivity contribution is 0.590. The van der Waals surface area contributed by atoms with E-state index in [-0.39, 0.29) is 5.41 Å². The SMILES string of the molecule is CC1=CC=C(/C=C/c2ccc(C(C)(C)C)cc2)CC1. The van der Waals surface area contributed by atoms with E-state index in [1.165, 1.54) is 35.1 Å². The van der Waals surface area contributed by atoms with E-state index in [1.807, 2.05) is 0 Å². The van der Waals surface area contributed by atoms with Crippen LogP contribution in [0, 0.1) is 0 Å². The third kappa shape index (κ3) is 3.96. The Balaban J connectivity index is 2.08. The van der Waals surface area contributed by atoms with E-state index in [0.717, 1.165) is 0 Å². The minimum absolute atomic E-state index is 0.233. The summed E-state index contributed by atoms with van der Waals surface area (Å²) in [5.74, 6) is 0. The fourth-order valence-electron chi connectivity index (χ4n) is 2.19. The van der Waals surface area contributed by atoms with Gasteiger partial charge < -0.3 is 0 Å². The van der Waals surface area contributed by atoms with Crippen molar-refractivity contribution in [1.29, 1.82) is 0 Å². The van der Waals surface area contributed by atoms with Crippen molar-refractivity contribution in [2.45, 2.75) is 46.0 Å². The lowest BCUT2D eigenvalue weighted by atomic mass is 9.86. The summed E-state index contributed by atoms with van der Waals surface area (Å²) in [5.41, 5.74) is 5.80. The lowest BCUT2D eigenvalue weighted by Gasteiger charge is -2.18. The molecule has 1 aliphatic rings. The molecule has 0 spiro atoms. The van der Waals surface area contributed by atoms with E-state index in [4.69, 9.17) is 0 Å². The molecule has 0 nitrogen and oxygen atoms in total. The van der Waals surface area contributed by atoms with Gasteiger partial charge in [0, 0.05) is 0 Å². The zero-order valence-corrected chi connectivity index (χ0v) is 12.5. The van der Waals surface area contributed by atoms with Crippen molar-refractivity contribution in [2.75, 3.05) is 0 Å². The van der Waals surface area contributed by atoms with Gasteiger partial charge in [-0.15, -0.1) is 0 Å². The molecule has 1 aromatic rings. The fourth-order valence-corrected chi connectivity index (χ4v) is 2.19. The molecule has 0 atom stereocenters. The van der Waals surface area contributed by atoms with Gasteiger partial charge in [0.1, 0.15) is 0 Å². The number of rotatable bonds is 2. The second-order valence-electron chi connectivity index (χ2n) is 6.46. The summed E-state index contributed by atoms with van der Waals surface area (Å²) in [6, 6.07) is 8.89. The Morgan fingerprint density at radius 1 is 0.895 bits per heavy atom. The molecule has 0 saturated carbocycles. The molecule has 2 rings (SSSR count). The van der Waals surface area contributed by atoms with Crippen LogP contribution in [0.1, 0.15) is 51.7 Å². The molecule has 0 aromatic heterocycles. The molecule has 0 radical (unpaired) electrons. The maximum absolute atomic E-state index is 2.25. The van der Waals surface area contributed by atoms with Gasteiger partial charge in [0.15, 0.2) is 0 Å². The van der Waals surface area contributed by atoms with Crippen LogP contribution in [0.5, 0.6) is 0 Å². The zero-order valence-electron chi connectivity index (χ0n) is 12.5. The van der Waals surface area contributed by atoms with Crippen molar-refractivity contribution in [3.05, 3.63) is 64.8 Å². The summed E-state index contributed by atoms with van der Waals surface area (Å²) in [5, 5.41) is 0. The van der Waals surface area contributed by atoms with Crippen molar-refractivity contribution in [3.63, 3.8) is 0 Å². The van der Waals surface area contributed by atoms with E-state index >= 15 is 0 Å². The van der Waals surface area contributed by atoms with Crippen molar-refractivity contribution in [3.8, 4) is 0 Å². The second kappa shape index (κ2) is 5.61. The first-order valence-corrected chi connectivity index (χ1v) is 7.10. The Hall–Kier alpha value is -1.56. The fraction of sp³-hybridized carbons (Fsp3) is 0.368. The molecule has 1 aromatic carbocycles. The van der Waals surface area contributed by atoms with Crippen LogP contribution in [-0.4, -0.2) is 0 Å². The van der Waals surface area contributed by atoms with E-state index < -0.39 is 0 Å². The third-order valence-corrected chi connectivity index (χ3v) is 3.66. The van der Waals surface area contributed by atoms with E-state index in [0.29, 0.717) is 0 Å². The monoisotopic (exact) mass is 252 g/mol. The maximum atomic E-state index is 2.25. The highest BCUT2D eigenvalue weighted by Crippen LogP contribution is 2.23. The van der Waals surface area contributed by atoms with Gasteiger partial charge >= 0.3 is 0 Å². The van der Waals surface area contributed by atoms with Crippen LogP contribution in [0.4, 0.5) is 0 Å². The van der Waals surface area contributed by atoms with Gasteiger partial charge in [-0.3, -0.25) is 0 Å². The summed E-state index contributed by atoms with van der Waals surface area (Å²) in [4.78, 5) is 0. The van der Waals surface area contributed by atoms with Crippen LogP contribution in [0.15, 0.2) is 53.6 Å². The highest BCUT2D eigenvalue weighted by Gasteiger charge is 2.12. The molecule has 0 aliphatic heterocycles. The van der Waals surface area contributed by atoms with Gasteiger partial charge in [0.05, 0.1) is 0 Å². The molecule has 0 unspecified atom stereocenters. The zero-order chi connectivity index (χ0) is 13.9. The Morgan fingerprint density at radius 2 is 1.58 bits per heavy atom. The van der Waals surface area contributed by atoms with Crippen LogP contribution >= 0.6 is 0 Å². The van der Waals surface area contributed by atoms with Gasteiger partial charge in [-0.05, 0) is 41.9 Å². The van der Waals surface area contributed by atoms with Crippen LogP contribution in [-0.2, 0) is 5.41 Å². The molecule has 0 heterocycles. The minimum Gasteiger partial charge on any atom is -0.0730 e. The molecule has 0 N–H and O–H groups in total. The summed E-state index contributed by atoms with van der Waals surface area (Å²) in [6.07, 6.45) is 11.3. The molecular weight excluding hydrogens is 228 g/mol. The first-order chi connectivity index (χ1) is 8.95. The van der Waals surface area contributed by atoms with Crippen molar-refractivity contribution >= 4 is 6.08 Å². The summed E-state index contributed by atoms with van der Waals surface area (Å²) < 4.78 is 0. The van der Waals surface area contributed by atoms with Gasteiger partial charge in [-0.1, -0.05) is 74.9 Å². The van der Waals surface area contributed by atoms with E-state index in [9.17, 15) is 0 Å². The first-order valence-electron chi connectivity index (χ1n) is 7.10. The quantitative estimate of drug-likeness (QED) is 0.636. The standard InChI is InChI=1S/C19H24/c1-15-5-7-16(8-6-15)9-10-17-11-13-18(14-12-17)19(2,3)4/h5,7,9-14H,6,8H2,1-4H3/b10-9+. The van der Waals surface area contributed by atoms with Gasteiger partial charge in [-0.25, -0.2) is 0 Å². The first kappa shape index (κ1) is 13.9. The molecule has 19 heavy (non-hydrogen) atoms. The number of hydrogen-bond acceptors (Lipinski definition) is 0. The number of hydrogen-bond donors (Lipinski definition) is 0. The van der Waals surface area contributed by atoms with Crippen LogP contribution in [0.25, 0.3) is 6.08 Å². The lowest BCUT2D eigenvalue weighted by Crippen LogP contribution is -2.10. The summed E-state index contributed by atoms with van der Waals surface area (Å²) in [6.45, 7) is 8.94. The predicted octanol–water partition coefficient (Wildman–Crippen LogP) is 5.66. The smallest absolute Gasteiger partial charge is 0.0132 e. The van der Waals surface area contributed by atoms with Gasteiger partial charge in [-0.2, -0.15) is 0 Å². The number of benzene rings is 1. The molecule has 0 bridgehead atoms. The van der Waals surface area contributed by atoms with Gasteiger partial charge in [0.25, 0.3) is 0 Å². The van der Waals surface area contributed by atoms with Crippen LogP contribution < -0.4 is 0 Å². The average Bonchev–Trinajstić information content (AvgIpc) is 2.37.